The molecule has 0 aliphatic carbocycles. The fourth-order valence-electron chi connectivity index (χ4n) is 4.23. The van der Waals surface area contributed by atoms with Crippen molar-refractivity contribution in [3.63, 3.8) is 0 Å². The monoisotopic (exact) mass is 523 g/mol. The third-order valence-electron chi connectivity index (χ3n) is 6.17. The maximum Gasteiger partial charge on any atom is 1.00 e. The third kappa shape index (κ3) is 6.81. The topological polar surface area (TPSA) is 91.3 Å². The molecule has 0 bridgehead atoms. The average Bonchev–Trinajstić information content (AvgIpc) is 2.97. The number of carboxylic acids is 1. The zero-order valence-corrected chi connectivity index (χ0v) is 23.5. The molecule has 5 rings (SSSR count). The number of aromatic carboxylic acids is 1. The van der Waals surface area contributed by atoms with Crippen LogP contribution in [0.1, 0.15) is 27.7 Å². The molecule has 1 aromatic heterocycles. The van der Waals surface area contributed by atoms with E-state index in [2.05, 4.69) is 15.6 Å². The van der Waals surface area contributed by atoms with Gasteiger partial charge in [0.2, 0.25) is 0 Å². The van der Waals surface area contributed by atoms with Gasteiger partial charge in [-0.2, -0.15) is 0 Å². The van der Waals surface area contributed by atoms with Gasteiger partial charge in [0.15, 0.2) is 0 Å². The van der Waals surface area contributed by atoms with E-state index in [1.165, 1.54) is 12.3 Å². The number of aromatic nitrogens is 1. The fraction of sp³-hybridized carbons (Fsp3) is 0.0312. The second-order valence-electron chi connectivity index (χ2n) is 8.73. The summed E-state index contributed by atoms with van der Waals surface area (Å²) < 4.78 is 0. The van der Waals surface area contributed by atoms with E-state index in [0.717, 1.165) is 33.5 Å². The maximum absolute atomic E-state index is 13.2. The molecule has 4 aromatic carbocycles. The number of pyridine rings is 1. The molecule has 3 N–H and O–H groups in total. The average molecular weight is 524 g/mol. The molecule has 39 heavy (non-hydrogen) atoms. The number of hydrogen-bond acceptors (Lipinski definition) is 4. The first kappa shape index (κ1) is 27.8. The van der Waals surface area contributed by atoms with Gasteiger partial charge in [-0.25, -0.2) is 4.79 Å². The standard InChI is InChI=1S/C32H25N3O3.Na.H/c36-31(26-17-25(20-33-21-26)23-11-5-2-6-12-23)35-30-18-24(15-16-28(30)32(37)38)27-13-7-8-14-29(27)34-19-22-9-3-1-4-10-22;;/h1-18,20-21,34H,19H2,(H,35,36)(H,37,38);;/q;+1;-1. The predicted molar refractivity (Wildman–Crippen MR) is 151 cm³/mol. The molecule has 7 heteroatoms. The number of nitrogens with one attached hydrogen (secondary N) is 2. The third-order valence-corrected chi connectivity index (χ3v) is 6.17. The molecular formula is C32H26N3NaO3. The van der Waals surface area contributed by atoms with Crippen molar-refractivity contribution < 1.29 is 45.7 Å². The number of hydrogen-bond donors (Lipinski definition) is 3. The Bertz CT molecular complexity index is 1600. The molecule has 0 aliphatic rings. The summed E-state index contributed by atoms with van der Waals surface area (Å²) >= 11 is 0. The number of para-hydroxylation sites is 1. The van der Waals surface area contributed by atoms with Crippen molar-refractivity contribution in [3.05, 3.63) is 138 Å². The van der Waals surface area contributed by atoms with Crippen molar-refractivity contribution in [2.24, 2.45) is 0 Å². The molecule has 0 spiro atoms. The van der Waals surface area contributed by atoms with Crippen LogP contribution >= 0.6 is 0 Å². The second kappa shape index (κ2) is 13.0. The summed E-state index contributed by atoms with van der Waals surface area (Å²) in [6.45, 7) is 0.638. The van der Waals surface area contributed by atoms with E-state index in [1.54, 1.807) is 24.4 Å². The molecule has 6 nitrogen and oxygen atoms in total. The number of nitrogens with zero attached hydrogens (tertiary/aromatic N) is 1. The Kier molecular flexibility index (Phi) is 9.28. The van der Waals surface area contributed by atoms with Crippen molar-refractivity contribution in [2.45, 2.75) is 6.54 Å². The van der Waals surface area contributed by atoms with Crippen LogP contribution in [0.25, 0.3) is 22.3 Å². The number of carbonyl (C=O) groups excluding carboxylic acids is 1. The van der Waals surface area contributed by atoms with Gasteiger partial charge in [0, 0.05) is 35.8 Å². The van der Waals surface area contributed by atoms with Gasteiger partial charge in [-0.15, -0.1) is 0 Å². The Morgan fingerprint density at radius 1 is 0.718 bits per heavy atom. The Morgan fingerprint density at radius 3 is 2.15 bits per heavy atom. The van der Waals surface area contributed by atoms with Crippen LogP contribution in [0.2, 0.25) is 0 Å². The van der Waals surface area contributed by atoms with Gasteiger partial charge in [0.05, 0.1) is 16.8 Å². The normalized spacial score (nSPS) is 10.3. The van der Waals surface area contributed by atoms with E-state index < -0.39 is 11.9 Å². The molecule has 0 radical (unpaired) electrons. The van der Waals surface area contributed by atoms with E-state index >= 15 is 0 Å². The van der Waals surface area contributed by atoms with Crippen LogP contribution < -0.4 is 40.2 Å². The molecule has 0 saturated heterocycles. The Balaban J connectivity index is 0.00000220. The first-order valence-electron chi connectivity index (χ1n) is 12.1. The van der Waals surface area contributed by atoms with Crippen LogP contribution in [0.4, 0.5) is 11.4 Å². The second-order valence-corrected chi connectivity index (χ2v) is 8.73. The van der Waals surface area contributed by atoms with E-state index in [4.69, 9.17) is 0 Å². The van der Waals surface area contributed by atoms with Crippen LogP contribution in [-0.2, 0) is 6.54 Å². The van der Waals surface area contributed by atoms with E-state index in [9.17, 15) is 14.7 Å². The fourth-order valence-corrected chi connectivity index (χ4v) is 4.23. The molecule has 5 aromatic rings. The van der Waals surface area contributed by atoms with Crippen molar-refractivity contribution in [1.29, 1.82) is 0 Å². The molecule has 0 saturated carbocycles. The summed E-state index contributed by atoms with van der Waals surface area (Å²) in [5.74, 6) is -1.57. The quantitative estimate of drug-likeness (QED) is 0.267. The van der Waals surface area contributed by atoms with Gasteiger partial charge >= 0.3 is 35.5 Å². The summed E-state index contributed by atoms with van der Waals surface area (Å²) in [4.78, 5) is 29.4. The van der Waals surface area contributed by atoms with Crippen molar-refractivity contribution >= 4 is 23.3 Å². The Morgan fingerprint density at radius 2 is 1.41 bits per heavy atom. The van der Waals surface area contributed by atoms with Gasteiger partial charge < -0.3 is 17.2 Å². The van der Waals surface area contributed by atoms with Crippen LogP contribution in [-0.4, -0.2) is 22.0 Å². The molecule has 188 valence electrons. The molecular weight excluding hydrogens is 497 g/mol. The van der Waals surface area contributed by atoms with Crippen molar-refractivity contribution in [3.8, 4) is 22.3 Å². The summed E-state index contributed by atoms with van der Waals surface area (Å²) in [7, 11) is 0. The van der Waals surface area contributed by atoms with Crippen LogP contribution in [0, 0.1) is 0 Å². The van der Waals surface area contributed by atoms with Crippen LogP contribution in [0.15, 0.2) is 122 Å². The number of rotatable bonds is 8. The maximum atomic E-state index is 13.2. The van der Waals surface area contributed by atoms with E-state index in [-0.39, 0.29) is 42.2 Å². The van der Waals surface area contributed by atoms with Gasteiger partial charge in [0.25, 0.3) is 5.91 Å². The number of anilines is 2. The number of carboxylic acid groups (broad SMARTS) is 1. The molecule has 1 heterocycles. The first-order valence-corrected chi connectivity index (χ1v) is 12.1. The number of amides is 1. The Labute approximate surface area is 250 Å². The molecule has 0 atom stereocenters. The molecule has 0 aliphatic heterocycles. The van der Waals surface area contributed by atoms with Crippen LogP contribution in [0.5, 0.6) is 0 Å². The minimum atomic E-state index is -1.13. The zero-order chi connectivity index (χ0) is 26.3. The smallest absolute Gasteiger partial charge is 1.00 e. The van der Waals surface area contributed by atoms with Gasteiger partial charge in [-0.1, -0.05) is 84.9 Å². The van der Waals surface area contributed by atoms with Crippen molar-refractivity contribution in [2.75, 3.05) is 10.6 Å². The minimum Gasteiger partial charge on any atom is -1.00 e. The summed E-state index contributed by atoms with van der Waals surface area (Å²) in [5.41, 5.74) is 5.98. The van der Waals surface area contributed by atoms with E-state index in [1.807, 2.05) is 84.9 Å². The Hall–Kier alpha value is -4.23. The summed E-state index contributed by atoms with van der Waals surface area (Å²) in [6, 6.07) is 34.2. The summed E-state index contributed by atoms with van der Waals surface area (Å²) in [6.07, 6.45) is 3.16. The SMILES string of the molecule is O=C(Nc1cc(-c2ccccc2NCc2ccccc2)ccc1C(=O)O)c1cncc(-c2ccccc2)c1.[H-].[Na+]. The summed E-state index contributed by atoms with van der Waals surface area (Å²) in [5, 5.41) is 16.0. The predicted octanol–water partition coefficient (Wildman–Crippen LogP) is 4.09. The van der Waals surface area contributed by atoms with Gasteiger partial charge in [-0.3, -0.25) is 9.78 Å². The zero-order valence-electron chi connectivity index (χ0n) is 22.5. The van der Waals surface area contributed by atoms with Gasteiger partial charge in [-0.05, 0) is 41.0 Å². The van der Waals surface area contributed by atoms with E-state index in [0.29, 0.717) is 12.1 Å². The molecule has 0 fully saturated rings. The van der Waals surface area contributed by atoms with Gasteiger partial charge in [0.1, 0.15) is 0 Å². The van der Waals surface area contributed by atoms with Crippen molar-refractivity contribution in [1.82, 2.24) is 4.98 Å². The van der Waals surface area contributed by atoms with Crippen LogP contribution in [0.3, 0.4) is 0 Å². The molecule has 0 unspecified atom stereocenters. The largest absolute Gasteiger partial charge is 1.00 e. The number of carbonyl (C=O) groups is 2. The number of benzene rings is 4. The minimum absolute atomic E-state index is 0. The first-order chi connectivity index (χ1) is 18.6. The molecule has 1 amide bonds.